The summed E-state index contributed by atoms with van der Waals surface area (Å²) in [5.74, 6) is 0. The first-order chi connectivity index (χ1) is 25.8. The second-order valence-corrected chi connectivity index (χ2v) is 14.8. The second kappa shape index (κ2) is 20.5. The van der Waals surface area contributed by atoms with Crippen LogP contribution in [-0.4, -0.2) is 0 Å². The molecule has 0 nitrogen and oxygen atoms in total. The largest absolute Gasteiger partial charge is 0.0617 e. The van der Waals surface area contributed by atoms with E-state index in [2.05, 4.69) is 239 Å². The van der Waals surface area contributed by atoms with Gasteiger partial charge < -0.3 is 0 Å². The van der Waals surface area contributed by atoms with E-state index in [-0.39, 0.29) is 0 Å². The van der Waals surface area contributed by atoms with Crippen LogP contribution in [0.2, 0.25) is 0 Å². The lowest BCUT2D eigenvalue weighted by Crippen LogP contribution is -1.78. The Balaban J connectivity index is 0.000000153. The lowest BCUT2D eigenvalue weighted by atomic mass is 10.0. The Hall–Kier alpha value is -5.72. The molecule has 0 spiro atoms. The van der Waals surface area contributed by atoms with Gasteiger partial charge in [0.05, 0.1) is 0 Å². The minimum absolute atomic E-state index is 1.29. The van der Waals surface area contributed by atoms with Crippen molar-refractivity contribution in [2.75, 3.05) is 0 Å². The highest BCUT2D eigenvalue weighted by Crippen LogP contribution is 2.20. The van der Waals surface area contributed by atoms with E-state index in [1.165, 1.54) is 88.3 Å². The highest BCUT2D eigenvalue weighted by Gasteiger charge is 1.96. The van der Waals surface area contributed by atoms with Gasteiger partial charge in [-0.1, -0.05) is 225 Å². The van der Waals surface area contributed by atoms with Crippen LogP contribution in [0, 0.1) is 69.2 Å². The van der Waals surface area contributed by atoms with Gasteiger partial charge in [0.15, 0.2) is 0 Å². The summed E-state index contributed by atoms with van der Waals surface area (Å²) in [6.45, 7) is 21.1. The molecule has 0 aliphatic rings. The number of aryl methyl sites for hydroxylation is 10. The number of hydrogen-bond acceptors (Lipinski definition) is 0. The summed E-state index contributed by atoms with van der Waals surface area (Å²) in [6, 6.07) is 60.4. The van der Waals surface area contributed by atoms with Crippen molar-refractivity contribution in [3.8, 4) is 11.1 Å². The Morgan fingerprint density at radius 3 is 0.722 bits per heavy atom. The van der Waals surface area contributed by atoms with Gasteiger partial charge in [0.2, 0.25) is 0 Å². The summed E-state index contributed by atoms with van der Waals surface area (Å²) >= 11 is 0. The number of rotatable bonds is 1. The summed E-state index contributed by atoms with van der Waals surface area (Å²) in [6.07, 6.45) is 0. The predicted molar refractivity (Wildman–Crippen MR) is 240 cm³/mol. The van der Waals surface area contributed by atoms with Gasteiger partial charge >= 0.3 is 0 Å². The van der Waals surface area contributed by atoms with E-state index in [0.717, 1.165) is 0 Å². The third kappa shape index (κ3) is 14.0. The third-order valence-corrected chi connectivity index (χ3v) is 9.13. The molecular formula is C54H58. The molecule has 0 bridgehead atoms. The fraction of sp³-hybridized carbons (Fsp3) is 0.185. The Morgan fingerprint density at radius 2 is 0.426 bits per heavy atom. The summed E-state index contributed by atoms with van der Waals surface area (Å²) in [4.78, 5) is 0. The van der Waals surface area contributed by atoms with Crippen LogP contribution in [0.1, 0.15) is 55.6 Å². The minimum Gasteiger partial charge on any atom is -0.0617 e. The predicted octanol–water partition coefficient (Wildman–Crippen LogP) is 15.5. The van der Waals surface area contributed by atoms with Crippen molar-refractivity contribution in [2.24, 2.45) is 0 Å². The fourth-order valence-electron chi connectivity index (χ4n) is 5.91. The molecule has 0 aliphatic heterocycles. The summed E-state index contributed by atoms with van der Waals surface area (Å²) in [5, 5.41) is 5.34. The molecule has 0 heterocycles. The van der Waals surface area contributed by atoms with Crippen LogP contribution >= 0.6 is 0 Å². The summed E-state index contributed by atoms with van der Waals surface area (Å²) in [5.41, 5.74) is 15.8. The maximum atomic E-state index is 2.22. The smallest absolute Gasteiger partial charge is 0.0179 e. The van der Waals surface area contributed by atoms with Crippen LogP contribution in [0.3, 0.4) is 0 Å². The third-order valence-electron chi connectivity index (χ3n) is 9.13. The van der Waals surface area contributed by atoms with Gasteiger partial charge in [-0.3, -0.25) is 0 Å². The van der Waals surface area contributed by atoms with Crippen molar-refractivity contribution in [3.63, 3.8) is 0 Å². The first-order valence-electron chi connectivity index (χ1n) is 19.0. The molecule has 8 aromatic rings. The summed E-state index contributed by atoms with van der Waals surface area (Å²) < 4.78 is 0. The van der Waals surface area contributed by atoms with E-state index in [1.807, 2.05) is 0 Å². The normalized spacial score (nSPS) is 10.0. The lowest BCUT2D eigenvalue weighted by molar-refractivity contribution is 1.39. The van der Waals surface area contributed by atoms with Gasteiger partial charge in [-0.25, -0.2) is 0 Å². The molecule has 0 amide bonds. The zero-order valence-electron chi connectivity index (χ0n) is 34.2. The Morgan fingerprint density at radius 1 is 0.185 bits per heavy atom. The van der Waals surface area contributed by atoms with E-state index in [1.54, 1.807) is 0 Å². The minimum atomic E-state index is 1.29. The maximum absolute atomic E-state index is 2.22. The van der Waals surface area contributed by atoms with Gasteiger partial charge in [0, 0.05) is 0 Å². The average Bonchev–Trinajstić information content (AvgIpc) is 3.14. The van der Waals surface area contributed by atoms with Crippen molar-refractivity contribution in [1.82, 2.24) is 0 Å². The molecule has 0 heteroatoms. The van der Waals surface area contributed by atoms with Gasteiger partial charge in [-0.2, -0.15) is 0 Å². The van der Waals surface area contributed by atoms with E-state index in [0.29, 0.717) is 0 Å². The highest BCUT2D eigenvalue weighted by atomic mass is 14.0. The molecule has 54 heavy (non-hydrogen) atoms. The molecule has 0 fully saturated rings. The number of fused-ring (bicyclic) bond motifs is 2. The molecule has 0 atom stereocenters. The summed E-state index contributed by atoms with van der Waals surface area (Å²) in [7, 11) is 0. The van der Waals surface area contributed by atoms with E-state index >= 15 is 0 Å². The molecule has 0 saturated carbocycles. The van der Waals surface area contributed by atoms with Crippen LogP contribution in [0.4, 0.5) is 0 Å². The molecule has 8 rings (SSSR count). The molecule has 0 aliphatic carbocycles. The van der Waals surface area contributed by atoms with E-state index in [4.69, 9.17) is 0 Å². The van der Waals surface area contributed by atoms with Gasteiger partial charge in [0.1, 0.15) is 0 Å². The fourth-order valence-corrected chi connectivity index (χ4v) is 5.91. The molecule has 0 unspecified atom stereocenters. The molecule has 0 aromatic heterocycles. The molecule has 0 N–H and O–H groups in total. The first kappa shape index (κ1) is 41.0. The molecule has 8 aromatic carbocycles. The molecule has 274 valence electrons. The molecular weight excluding hydrogens is 649 g/mol. The SMILES string of the molecule is Cc1ccc(-c2ccc(C)cc2)cc1.Cc1ccc(C)cc1.Cc1ccc2cc(C)ccc2c1.Cc1ccc2ccc(C)cc2c1.Cc1cccc(C)c1. The van der Waals surface area contributed by atoms with E-state index < -0.39 is 0 Å². The number of hydrogen-bond donors (Lipinski definition) is 0. The lowest BCUT2D eigenvalue weighted by Gasteiger charge is -2.02. The van der Waals surface area contributed by atoms with Crippen LogP contribution in [-0.2, 0) is 0 Å². The van der Waals surface area contributed by atoms with Crippen molar-refractivity contribution in [2.45, 2.75) is 69.2 Å². The van der Waals surface area contributed by atoms with Gasteiger partial charge in [-0.05, 0) is 102 Å². The Bertz CT molecular complexity index is 2180. The average molecular weight is 707 g/mol. The monoisotopic (exact) mass is 706 g/mol. The standard InChI is InChI=1S/C14H14.2C12H12.2C8H10/c1-11-3-7-13(8-4-11)14-9-5-12(2)6-10-14;1-9-3-5-12-8-10(2)4-6-11(12)7-9;1-9-3-5-11-6-4-10(2)8-12(11)7-9;1-7-3-5-8(2)6-4-7;1-7-4-3-5-8(2)6-7/h3-10H,1-2H3;2*3-8H,1-2H3;2*3-6H,1-2H3. The highest BCUT2D eigenvalue weighted by molar-refractivity contribution is 5.84. The molecule has 0 saturated heterocycles. The van der Waals surface area contributed by atoms with Crippen LogP contribution < -0.4 is 0 Å². The quantitative estimate of drug-likeness (QED) is 0.159. The second-order valence-electron chi connectivity index (χ2n) is 14.8. The van der Waals surface area contributed by atoms with Crippen LogP contribution in [0.25, 0.3) is 32.7 Å². The van der Waals surface area contributed by atoms with Gasteiger partial charge in [0.25, 0.3) is 0 Å². The van der Waals surface area contributed by atoms with Crippen molar-refractivity contribution < 1.29 is 0 Å². The molecule has 0 radical (unpaired) electrons. The first-order valence-corrected chi connectivity index (χ1v) is 19.0. The Kier molecular flexibility index (Phi) is 15.6. The maximum Gasteiger partial charge on any atom is -0.0179 e. The van der Waals surface area contributed by atoms with Crippen LogP contribution in [0.15, 0.2) is 170 Å². The Labute approximate surface area is 326 Å². The zero-order chi connectivity index (χ0) is 39.0. The zero-order valence-corrected chi connectivity index (χ0v) is 34.2. The topological polar surface area (TPSA) is 0 Å². The van der Waals surface area contributed by atoms with Gasteiger partial charge in [-0.15, -0.1) is 0 Å². The van der Waals surface area contributed by atoms with Crippen LogP contribution in [0.5, 0.6) is 0 Å². The van der Waals surface area contributed by atoms with Crippen molar-refractivity contribution in [1.29, 1.82) is 0 Å². The van der Waals surface area contributed by atoms with E-state index in [9.17, 15) is 0 Å². The van der Waals surface area contributed by atoms with Crippen molar-refractivity contribution >= 4 is 21.5 Å². The van der Waals surface area contributed by atoms with Crippen molar-refractivity contribution in [3.05, 3.63) is 225 Å². The number of benzene rings is 8.